The molecular formula is C16H16N4OS. The molecule has 22 heavy (non-hydrogen) atoms. The third kappa shape index (κ3) is 2.70. The smallest absolute Gasteiger partial charge is 0.182 e. The Balaban J connectivity index is 2.01. The van der Waals surface area contributed by atoms with Gasteiger partial charge in [-0.15, -0.1) is 0 Å². The highest BCUT2D eigenvalue weighted by molar-refractivity contribution is 8.00. The van der Waals surface area contributed by atoms with Crippen LogP contribution >= 0.6 is 11.8 Å². The zero-order chi connectivity index (χ0) is 15.5. The molecule has 5 nitrogen and oxygen atoms in total. The third-order valence-electron chi connectivity index (χ3n) is 3.21. The molecule has 0 radical (unpaired) electrons. The molecule has 3 rings (SSSR count). The number of allylic oxidation sites excluding steroid dienone is 5. The van der Waals surface area contributed by atoms with Crippen molar-refractivity contribution in [3.05, 3.63) is 55.2 Å². The van der Waals surface area contributed by atoms with Crippen LogP contribution in [0.3, 0.4) is 0 Å². The molecular weight excluding hydrogens is 296 g/mol. The summed E-state index contributed by atoms with van der Waals surface area (Å²) in [6.45, 7) is 5.64. The number of nitrogens with zero attached hydrogens (tertiary/aromatic N) is 2. The normalized spacial score (nSPS) is 17.5. The molecule has 0 aromatic carbocycles. The zero-order valence-electron chi connectivity index (χ0n) is 12.1. The summed E-state index contributed by atoms with van der Waals surface area (Å²) in [6.07, 6.45) is 10.7. The van der Waals surface area contributed by atoms with E-state index in [0.29, 0.717) is 5.76 Å². The Morgan fingerprint density at radius 1 is 1.50 bits per heavy atom. The van der Waals surface area contributed by atoms with E-state index in [2.05, 4.69) is 21.9 Å². The van der Waals surface area contributed by atoms with Crippen LogP contribution in [0.15, 0.2) is 58.9 Å². The van der Waals surface area contributed by atoms with Crippen LogP contribution in [0.2, 0.25) is 0 Å². The number of anilines is 1. The van der Waals surface area contributed by atoms with Crippen LogP contribution in [-0.4, -0.2) is 15.5 Å². The number of fused-ring (bicyclic) bond motifs is 1. The Kier molecular flexibility index (Phi) is 4.13. The maximum atomic E-state index is 5.87. The molecule has 1 atom stereocenters. The van der Waals surface area contributed by atoms with Crippen molar-refractivity contribution < 1.29 is 4.42 Å². The minimum Gasteiger partial charge on any atom is -0.441 e. The molecule has 0 amide bonds. The van der Waals surface area contributed by atoms with Crippen molar-refractivity contribution in [2.24, 2.45) is 5.73 Å². The molecule has 1 unspecified atom stereocenters. The maximum absolute atomic E-state index is 5.87. The molecule has 1 aliphatic heterocycles. The molecule has 2 aromatic heterocycles. The molecule has 6 heteroatoms. The van der Waals surface area contributed by atoms with Crippen molar-refractivity contribution in [1.29, 1.82) is 0 Å². The van der Waals surface area contributed by atoms with E-state index in [9.17, 15) is 0 Å². The maximum Gasteiger partial charge on any atom is 0.182 e. The number of hydrogen-bond donors (Lipinski definition) is 2. The highest BCUT2D eigenvalue weighted by atomic mass is 32.2. The first-order valence-electron chi connectivity index (χ1n) is 6.81. The molecule has 112 valence electrons. The fourth-order valence-electron chi connectivity index (χ4n) is 2.20. The average molecular weight is 312 g/mol. The van der Waals surface area contributed by atoms with E-state index in [1.54, 1.807) is 24.0 Å². The Hall–Kier alpha value is -2.31. The largest absolute Gasteiger partial charge is 0.441 e. The number of thioether (sulfide) groups is 1. The Labute approximate surface area is 133 Å². The lowest BCUT2D eigenvalue weighted by Gasteiger charge is -2.03. The lowest BCUT2D eigenvalue weighted by molar-refractivity contribution is 0.569. The predicted octanol–water partition coefficient (Wildman–Crippen LogP) is 3.64. The topological polar surface area (TPSA) is 77.0 Å². The highest BCUT2D eigenvalue weighted by Gasteiger charge is 2.21. The van der Waals surface area contributed by atoms with E-state index >= 15 is 0 Å². The van der Waals surface area contributed by atoms with Crippen molar-refractivity contribution in [1.82, 2.24) is 9.97 Å². The summed E-state index contributed by atoms with van der Waals surface area (Å²) in [4.78, 5) is 9.82. The van der Waals surface area contributed by atoms with Crippen LogP contribution in [0.4, 0.5) is 5.69 Å². The summed E-state index contributed by atoms with van der Waals surface area (Å²) >= 11 is 1.56. The summed E-state index contributed by atoms with van der Waals surface area (Å²) in [5.41, 5.74) is 9.12. The fourth-order valence-corrected chi connectivity index (χ4v) is 3.08. The van der Waals surface area contributed by atoms with Crippen LogP contribution in [0.1, 0.15) is 12.6 Å². The van der Waals surface area contributed by atoms with Gasteiger partial charge in [-0.3, -0.25) is 4.98 Å². The fraction of sp³-hybridized carbons (Fsp3) is 0.125. The van der Waals surface area contributed by atoms with Crippen molar-refractivity contribution >= 4 is 23.0 Å². The minimum atomic E-state index is -0.136. The molecule has 0 aliphatic carbocycles. The summed E-state index contributed by atoms with van der Waals surface area (Å²) < 4.78 is 5.57. The average Bonchev–Trinajstić information content (AvgIpc) is 3.12. The minimum absolute atomic E-state index is 0.136. The molecule has 0 saturated heterocycles. The van der Waals surface area contributed by atoms with Gasteiger partial charge in [0, 0.05) is 4.90 Å². The number of rotatable bonds is 4. The lowest BCUT2D eigenvalue weighted by atomic mass is 10.1. The highest BCUT2D eigenvalue weighted by Crippen LogP contribution is 2.38. The molecule has 0 saturated carbocycles. The first kappa shape index (κ1) is 14.6. The predicted molar refractivity (Wildman–Crippen MR) is 90.2 cm³/mol. The molecule has 0 bridgehead atoms. The summed E-state index contributed by atoms with van der Waals surface area (Å²) in [5.74, 6) is 0.644. The van der Waals surface area contributed by atoms with E-state index < -0.39 is 0 Å². The van der Waals surface area contributed by atoms with Gasteiger partial charge in [0.15, 0.2) is 12.2 Å². The molecule has 2 aromatic rings. The van der Waals surface area contributed by atoms with Crippen molar-refractivity contribution in [2.75, 3.05) is 5.32 Å². The molecule has 0 fully saturated rings. The van der Waals surface area contributed by atoms with Crippen LogP contribution in [0, 0.1) is 0 Å². The van der Waals surface area contributed by atoms with E-state index in [-0.39, 0.29) is 5.50 Å². The van der Waals surface area contributed by atoms with Gasteiger partial charge in [0.2, 0.25) is 0 Å². The first-order chi connectivity index (χ1) is 10.7. The summed E-state index contributed by atoms with van der Waals surface area (Å²) in [7, 11) is 0. The van der Waals surface area contributed by atoms with Crippen LogP contribution in [0.5, 0.6) is 0 Å². The Bertz CT molecular complexity index is 763. The molecule has 0 spiro atoms. The van der Waals surface area contributed by atoms with Gasteiger partial charge >= 0.3 is 0 Å². The number of oxazole rings is 1. The van der Waals surface area contributed by atoms with E-state index in [4.69, 9.17) is 10.2 Å². The van der Waals surface area contributed by atoms with Gasteiger partial charge in [0.05, 0.1) is 11.9 Å². The second kappa shape index (κ2) is 6.21. The molecule has 3 heterocycles. The van der Waals surface area contributed by atoms with E-state index in [0.717, 1.165) is 27.5 Å². The standard InChI is InChI=1S/C16H16N4OS/c1-3-5-6-10(4-2)14-15(21-9-19-14)11-7-13-12(8-18-11)20-16(17)22-13/h3-9,16,20H,1,17H2,2H3/b6-5-,10-4+. The third-order valence-corrected chi connectivity index (χ3v) is 4.18. The Morgan fingerprint density at radius 2 is 2.36 bits per heavy atom. The van der Waals surface area contributed by atoms with E-state index in [1.807, 2.05) is 31.2 Å². The van der Waals surface area contributed by atoms with Crippen molar-refractivity contribution in [3.63, 3.8) is 0 Å². The number of hydrogen-bond acceptors (Lipinski definition) is 6. The molecule has 1 aliphatic rings. The van der Waals surface area contributed by atoms with Gasteiger partial charge in [-0.2, -0.15) is 0 Å². The number of nitrogens with two attached hydrogens (primary N) is 1. The quantitative estimate of drug-likeness (QED) is 0.839. The first-order valence-corrected chi connectivity index (χ1v) is 7.69. The second-order valence-corrected chi connectivity index (χ2v) is 5.80. The monoisotopic (exact) mass is 312 g/mol. The second-order valence-electron chi connectivity index (χ2n) is 4.62. The van der Waals surface area contributed by atoms with Gasteiger partial charge in [0.1, 0.15) is 16.9 Å². The molecule has 3 N–H and O–H groups in total. The Morgan fingerprint density at radius 3 is 3.14 bits per heavy atom. The van der Waals surface area contributed by atoms with Crippen LogP contribution in [0.25, 0.3) is 17.0 Å². The number of nitrogens with one attached hydrogen (secondary N) is 1. The summed E-state index contributed by atoms with van der Waals surface area (Å²) in [5, 5.41) is 3.14. The van der Waals surface area contributed by atoms with Crippen molar-refractivity contribution in [2.45, 2.75) is 17.3 Å². The van der Waals surface area contributed by atoms with Gasteiger partial charge < -0.3 is 15.5 Å². The van der Waals surface area contributed by atoms with Crippen molar-refractivity contribution in [3.8, 4) is 11.5 Å². The van der Waals surface area contributed by atoms with Crippen LogP contribution in [-0.2, 0) is 0 Å². The summed E-state index contributed by atoms with van der Waals surface area (Å²) in [6, 6.07) is 1.97. The zero-order valence-corrected chi connectivity index (χ0v) is 12.9. The number of pyridine rings is 1. The number of aromatic nitrogens is 2. The van der Waals surface area contributed by atoms with Crippen LogP contribution < -0.4 is 11.1 Å². The van der Waals surface area contributed by atoms with E-state index in [1.165, 1.54) is 6.39 Å². The van der Waals surface area contributed by atoms with Gasteiger partial charge in [-0.25, -0.2) is 4.98 Å². The van der Waals surface area contributed by atoms with Gasteiger partial charge in [-0.1, -0.05) is 42.6 Å². The SMILES string of the molecule is C=C/C=C\C(=C/C)c1ncoc1-c1cc2c(cn1)NC(N)S2. The van der Waals surface area contributed by atoms with Gasteiger partial charge in [-0.05, 0) is 18.6 Å². The van der Waals surface area contributed by atoms with Gasteiger partial charge in [0.25, 0.3) is 0 Å². The lowest BCUT2D eigenvalue weighted by Crippen LogP contribution is -2.20.